The molecule has 1 aromatic heterocycles. The Labute approximate surface area is 101 Å². The number of pyridine rings is 1. The Balaban J connectivity index is 2.36. The molecule has 0 radical (unpaired) electrons. The number of nitrogens with zero attached hydrogens (tertiary/aromatic N) is 2. The number of nitrogens with two attached hydrogens (primary N) is 1. The predicted molar refractivity (Wildman–Crippen MR) is 70.5 cm³/mol. The lowest BCUT2D eigenvalue weighted by Gasteiger charge is -2.03. The van der Waals surface area contributed by atoms with Crippen molar-refractivity contribution in [2.45, 2.75) is 13.8 Å². The molecular weight excluding hydrogens is 210 g/mol. The number of hydrogen-bond donors (Lipinski definition) is 1. The molecule has 0 atom stereocenters. The Bertz CT molecular complexity index is 545. The lowest BCUT2D eigenvalue weighted by molar-refractivity contribution is 1.11. The van der Waals surface area contributed by atoms with E-state index in [4.69, 9.17) is 5.73 Å². The predicted octanol–water partition coefficient (Wildman–Crippen LogP) is 2.74. The highest BCUT2D eigenvalue weighted by Gasteiger charge is 2.01. The van der Waals surface area contributed by atoms with Crippen LogP contribution in [-0.4, -0.2) is 10.8 Å². The number of aryl methyl sites for hydroxylation is 2. The molecule has 0 aliphatic rings. The summed E-state index contributed by atoms with van der Waals surface area (Å²) < 4.78 is 0. The maximum absolute atomic E-state index is 5.96. The van der Waals surface area contributed by atoms with Crippen molar-refractivity contribution in [1.29, 1.82) is 0 Å². The molecule has 86 valence electrons. The van der Waals surface area contributed by atoms with Gasteiger partial charge in [0.2, 0.25) is 0 Å². The molecule has 0 spiro atoms. The Hall–Kier alpha value is -2.16. The molecule has 0 aliphatic carbocycles. The largest absolute Gasteiger partial charge is 0.383 e. The normalized spacial score (nSPS) is 11.5. The number of benzene rings is 1. The summed E-state index contributed by atoms with van der Waals surface area (Å²) in [5.74, 6) is 0.513. The van der Waals surface area contributed by atoms with Crippen molar-refractivity contribution in [1.82, 2.24) is 4.98 Å². The van der Waals surface area contributed by atoms with Crippen molar-refractivity contribution < 1.29 is 0 Å². The maximum atomic E-state index is 5.96. The van der Waals surface area contributed by atoms with E-state index in [9.17, 15) is 0 Å². The first-order valence-electron chi connectivity index (χ1n) is 5.50. The average Bonchev–Trinajstić information content (AvgIpc) is 2.34. The standard InChI is InChI=1S/C14H15N3/c1-10-8-9-13(11(2)16-10)17-14(15)12-6-4-3-5-7-12/h3-9H,1-2H3,(H2,15,17). The van der Waals surface area contributed by atoms with Gasteiger partial charge in [0.1, 0.15) is 5.84 Å². The molecule has 0 fully saturated rings. The third-order valence-electron chi connectivity index (χ3n) is 2.51. The Kier molecular flexibility index (Phi) is 3.19. The molecule has 3 heteroatoms. The summed E-state index contributed by atoms with van der Waals surface area (Å²) in [5.41, 5.74) is 9.57. The average molecular weight is 225 g/mol. The Morgan fingerprint density at radius 2 is 1.76 bits per heavy atom. The SMILES string of the molecule is Cc1ccc(N=C(N)c2ccccc2)c(C)n1. The topological polar surface area (TPSA) is 51.3 Å². The van der Waals surface area contributed by atoms with E-state index in [1.165, 1.54) is 0 Å². The molecule has 2 N–H and O–H groups in total. The molecule has 0 bridgehead atoms. The van der Waals surface area contributed by atoms with Crippen LogP contribution < -0.4 is 5.73 Å². The second kappa shape index (κ2) is 4.78. The molecule has 0 aliphatic heterocycles. The van der Waals surface area contributed by atoms with Crippen LogP contribution in [0.3, 0.4) is 0 Å². The van der Waals surface area contributed by atoms with E-state index in [1.54, 1.807) is 0 Å². The first-order valence-corrected chi connectivity index (χ1v) is 5.50. The van der Waals surface area contributed by atoms with Crippen LogP contribution in [0.15, 0.2) is 47.5 Å². The van der Waals surface area contributed by atoms with Gasteiger partial charge in [-0.25, -0.2) is 4.99 Å². The third-order valence-corrected chi connectivity index (χ3v) is 2.51. The van der Waals surface area contributed by atoms with Gasteiger partial charge < -0.3 is 5.73 Å². The van der Waals surface area contributed by atoms with E-state index < -0.39 is 0 Å². The summed E-state index contributed by atoms with van der Waals surface area (Å²) in [5, 5.41) is 0. The van der Waals surface area contributed by atoms with Crippen LogP contribution in [0.1, 0.15) is 17.0 Å². The minimum atomic E-state index is 0.513. The van der Waals surface area contributed by atoms with Gasteiger partial charge in [-0.2, -0.15) is 0 Å². The monoisotopic (exact) mass is 225 g/mol. The van der Waals surface area contributed by atoms with Gasteiger partial charge in [-0.1, -0.05) is 30.3 Å². The lowest BCUT2D eigenvalue weighted by Crippen LogP contribution is -2.12. The number of rotatable bonds is 2. The van der Waals surface area contributed by atoms with E-state index >= 15 is 0 Å². The maximum Gasteiger partial charge on any atom is 0.131 e. The van der Waals surface area contributed by atoms with Gasteiger partial charge in [0.05, 0.1) is 11.4 Å². The number of aliphatic imine (C=N–C) groups is 1. The number of hydrogen-bond acceptors (Lipinski definition) is 2. The smallest absolute Gasteiger partial charge is 0.131 e. The molecular formula is C14H15N3. The lowest BCUT2D eigenvalue weighted by atomic mass is 10.2. The second-order valence-corrected chi connectivity index (χ2v) is 3.92. The van der Waals surface area contributed by atoms with Crippen molar-refractivity contribution in [3.8, 4) is 0 Å². The second-order valence-electron chi connectivity index (χ2n) is 3.92. The molecule has 0 unspecified atom stereocenters. The van der Waals surface area contributed by atoms with E-state index in [1.807, 2.05) is 56.3 Å². The Morgan fingerprint density at radius 1 is 1.06 bits per heavy atom. The zero-order valence-electron chi connectivity index (χ0n) is 10.0. The zero-order chi connectivity index (χ0) is 12.3. The summed E-state index contributed by atoms with van der Waals surface area (Å²) in [6, 6.07) is 13.6. The van der Waals surface area contributed by atoms with E-state index in [2.05, 4.69) is 9.98 Å². The fourth-order valence-electron chi connectivity index (χ4n) is 1.60. The van der Waals surface area contributed by atoms with Gasteiger partial charge in [0.15, 0.2) is 0 Å². The van der Waals surface area contributed by atoms with Crippen LogP contribution in [0, 0.1) is 13.8 Å². The van der Waals surface area contributed by atoms with Gasteiger partial charge in [-0.3, -0.25) is 4.98 Å². The number of amidine groups is 1. The van der Waals surface area contributed by atoms with Gasteiger partial charge in [-0.05, 0) is 26.0 Å². The van der Waals surface area contributed by atoms with Gasteiger partial charge in [-0.15, -0.1) is 0 Å². The third kappa shape index (κ3) is 2.69. The van der Waals surface area contributed by atoms with E-state index in [-0.39, 0.29) is 0 Å². The fraction of sp³-hybridized carbons (Fsp3) is 0.143. The van der Waals surface area contributed by atoms with Crippen LogP contribution in [0.2, 0.25) is 0 Å². The molecule has 1 heterocycles. The Morgan fingerprint density at radius 3 is 2.41 bits per heavy atom. The fourth-order valence-corrected chi connectivity index (χ4v) is 1.60. The molecule has 17 heavy (non-hydrogen) atoms. The molecule has 1 aromatic carbocycles. The molecule has 0 saturated carbocycles. The first-order chi connectivity index (χ1) is 8.16. The highest BCUT2D eigenvalue weighted by molar-refractivity contribution is 5.99. The van der Waals surface area contributed by atoms with E-state index in [0.717, 1.165) is 22.6 Å². The zero-order valence-corrected chi connectivity index (χ0v) is 10.0. The summed E-state index contributed by atoms with van der Waals surface area (Å²) >= 11 is 0. The van der Waals surface area contributed by atoms with Gasteiger partial charge in [0.25, 0.3) is 0 Å². The van der Waals surface area contributed by atoms with Crippen LogP contribution >= 0.6 is 0 Å². The van der Waals surface area contributed by atoms with Crippen molar-refractivity contribution in [2.75, 3.05) is 0 Å². The quantitative estimate of drug-likeness (QED) is 0.631. The van der Waals surface area contributed by atoms with Crippen LogP contribution in [-0.2, 0) is 0 Å². The molecule has 2 rings (SSSR count). The van der Waals surface area contributed by atoms with Crippen LogP contribution in [0.5, 0.6) is 0 Å². The molecule has 0 saturated heterocycles. The molecule has 0 amide bonds. The van der Waals surface area contributed by atoms with Crippen molar-refractivity contribution in [2.24, 2.45) is 10.7 Å². The molecule has 2 aromatic rings. The summed E-state index contributed by atoms with van der Waals surface area (Å²) in [4.78, 5) is 8.76. The van der Waals surface area contributed by atoms with E-state index in [0.29, 0.717) is 5.84 Å². The highest BCUT2D eigenvalue weighted by atomic mass is 14.9. The number of aromatic nitrogens is 1. The molecule has 3 nitrogen and oxygen atoms in total. The van der Waals surface area contributed by atoms with Crippen molar-refractivity contribution >= 4 is 11.5 Å². The van der Waals surface area contributed by atoms with Crippen LogP contribution in [0.25, 0.3) is 0 Å². The highest BCUT2D eigenvalue weighted by Crippen LogP contribution is 2.17. The summed E-state index contributed by atoms with van der Waals surface area (Å²) in [7, 11) is 0. The summed E-state index contributed by atoms with van der Waals surface area (Å²) in [6.07, 6.45) is 0. The first kappa shape index (κ1) is 11.3. The van der Waals surface area contributed by atoms with Crippen molar-refractivity contribution in [3.63, 3.8) is 0 Å². The minimum Gasteiger partial charge on any atom is -0.383 e. The van der Waals surface area contributed by atoms with Crippen molar-refractivity contribution in [3.05, 3.63) is 59.4 Å². The summed E-state index contributed by atoms with van der Waals surface area (Å²) in [6.45, 7) is 3.89. The van der Waals surface area contributed by atoms with Gasteiger partial charge in [0, 0.05) is 11.3 Å². The van der Waals surface area contributed by atoms with Crippen LogP contribution in [0.4, 0.5) is 5.69 Å². The minimum absolute atomic E-state index is 0.513. The van der Waals surface area contributed by atoms with Gasteiger partial charge >= 0.3 is 0 Å².